The van der Waals surface area contributed by atoms with Crippen LogP contribution in [0.1, 0.15) is 18.5 Å². The summed E-state index contributed by atoms with van der Waals surface area (Å²) < 4.78 is 0. The van der Waals surface area contributed by atoms with Crippen LogP contribution in [0.25, 0.3) is 0 Å². The molecule has 2 N–H and O–H groups in total. The van der Waals surface area contributed by atoms with Gasteiger partial charge in [-0.1, -0.05) is 29.8 Å². The summed E-state index contributed by atoms with van der Waals surface area (Å²) in [6.07, 6.45) is 0. The third kappa shape index (κ3) is 4.23. The fraction of sp³-hybridized carbons (Fsp3) is 0.125. The van der Waals surface area contributed by atoms with Crippen LogP contribution in [-0.2, 0) is 4.79 Å². The standard InChI is InChI=1S/C16H14ClN3O/c1-11(21)19-14-7-5-12(6-8-14)16(10-18)20-15-4-2-3-13(17)9-15/h2-9,16,20H,1H3,(H,19,21). The average molecular weight is 300 g/mol. The molecule has 0 fully saturated rings. The van der Waals surface area contributed by atoms with E-state index in [0.717, 1.165) is 11.3 Å². The molecule has 1 amide bonds. The number of hydrogen-bond donors (Lipinski definition) is 2. The van der Waals surface area contributed by atoms with Crippen LogP contribution in [-0.4, -0.2) is 5.91 Å². The molecule has 106 valence electrons. The minimum atomic E-state index is -0.491. The molecule has 4 nitrogen and oxygen atoms in total. The zero-order chi connectivity index (χ0) is 15.2. The Morgan fingerprint density at radius 3 is 2.48 bits per heavy atom. The van der Waals surface area contributed by atoms with Crippen LogP contribution >= 0.6 is 11.6 Å². The fourth-order valence-corrected chi connectivity index (χ4v) is 2.09. The second kappa shape index (κ2) is 6.78. The average Bonchev–Trinajstić information content (AvgIpc) is 2.45. The Labute approximate surface area is 128 Å². The molecule has 1 atom stereocenters. The highest BCUT2D eigenvalue weighted by atomic mass is 35.5. The van der Waals surface area contributed by atoms with E-state index >= 15 is 0 Å². The highest BCUT2D eigenvalue weighted by Crippen LogP contribution is 2.22. The molecule has 1 unspecified atom stereocenters. The van der Waals surface area contributed by atoms with E-state index in [1.807, 2.05) is 12.1 Å². The van der Waals surface area contributed by atoms with Crippen LogP contribution in [0.3, 0.4) is 0 Å². The first-order valence-electron chi connectivity index (χ1n) is 6.38. The molecule has 0 aromatic heterocycles. The maximum atomic E-state index is 11.0. The number of anilines is 2. The first-order chi connectivity index (χ1) is 10.1. The molecule has 2 aromatic rings. The molecule has 21 heavy (non-hydrogen) atoms. The van der Waals surface area contributed by atoms with Gasteiger partial charge in [0.1, 0.15) is 6.04 Å². The smallest absolute Gasteiger partial charge is 0.221 e. The van der Waals surface area contributed by atoms with Gasteiger partial charge in [0.15, 0.2) is 0 Å². The molecule has 0 aliphatic heterocycles. The number of nitriles is 1. The van der Waals surface area contributed by atoms with Crippen LogP contribution in [0.4, 0.5) is 11.4 Å². The van der Waals surface area contributed by atoms with Crippen molar-refractivity contribution in [3.05, 3.63) is 59.1 Å². The predicted molar refractivity (Wildman–Crippen MR) is 84.2 cm³/mol. The third-order valence-electron chi connectivity index (χ3n) is 2.83. The van der Waals surface area contributed by atoms with Crippen molar-refractivity contribution in [2.45, 2.75) is 13.0 Å². The van der Waals surface area contributed by atoms with Gasteiger partial charge in [-0.05, 0) is 35.9 Å². The van der Waals surface area contributed by atoms with Gasteiger partial charge >= 0.3 is 0 Å². The van der Waals surface area contributed by atoms with E-state index in [0.29, 0.717) is 10.7 Å². The summed E-state index contributed by atoms with van der Waals surface area (Å²) >= 11 is 5.92. The summed E-state index contributed by atoms with van der Waals surface area (Å²) in [6, 6.07) is 16.1. The highest BCUT2D eigenvalue weighted by Gasteiger charge is 2.10. The molecule has 0 spiro atoms. The zero-order valence-electron chi connectivity index (χ0n) is 11.4. The number of rotatable bonds is 4. The quantitative estimate of drug-likeness (QED) is 0.897. The van der Waals surface area contributed by atoms with E-state index in [9.17, 15) is 10.1 Å². The number of carbonyl (C=O) groups excluding carboxylic acids is 1. The van der Waals surface area contributed by atoms with Gasteiger partial charge in [0.2, 0.25) is 5.91 Å². The first kappa shape index (κ1) is 14.9. The highest BCUT2D eigenvalue weighted by molar-refractivity contribution is 6.30. The van der Waals surface area contributed by atoms with E-state index in [2.05, 4.69) is 16.7 Å². The van der Waals surface area contributed by atoms with Crippen LogP contribution in [0, 0.1) is 11.3 Å². The molecule has 0 saturated carbocycles. The first-order valence-corrected chi connectivity index (χ1v) is 6.75. The lowest BCUT2D eigenvalue weighted by atomic mass is 10.1. The Bertz CT molecular complexity index is 677. The fourth-order valence-electron chi connectivity index (χ4n) is 1.90. The van der Waals surface area contributed by atoms with E-state index in [4.69, 9.17) is 11.6 Å². The van der Waals surface area contributed by atoms with Crippen molar-refractivity contribution in [2.24, 2.45) is 0 Å². The number of amides is 1. The summed E-state index contributed by atoms with van der Waals surface area (Å²) in [5.74, 6) is -0.128. The molecule has 0 aliphatic rings. The summed E-state index contributed by atoms with van der Waals surface area (Å²) in [5.41, 5.74) is 2.29. The van der Waals surface area contributed by atoms with Crippen molar-refractivity contribution in [3.8, 4) is 6.07 Å². The van der Waals surface area contributed by atoms with Gasteiger partial charge < -0.3 is 10.6 Å². The molecule has 0 aliphatic carbocycles. The van der Waals surface area contributed by atoms with Crippen molar-refractivity contribution in [2.75, 3.05) is 10.6 Å². The second-order valence-electron chi connectivity index (χ2n) is 4.52. The zero-order valence-corrected chi connectivity index (χ0v) is 12.2. The molecule has 0 bridgehead atoms. The number of hydrogen-bond acceptors (Lipinski definition) is 3. The molecule has 2 rings (SSSR count). The molecule has 5 heteroatoms. The maximum Gasteiger partial charge on any atom is 0.221 e. The number of benzene rings is 2. The van der Waals surface area contributed by atoms with Gasteiger partial charge in [-0.2, -0.15) is 5.26 Å². The van der Waals surface area contributed by atoms with Crippen molar-refractivity contribution >= 4 is 28.9 Å². The molecular formula is C16H14ClN3O. The maximum absolute atomic E-state index is 11.0. The summed E-state index contributed by atoms with van der Waals surface area (Å²) in [6.45, 7) is 1.45. The Hall–Kier alpha value is -2.51. The Kier molecular flexibility index (Phi) is 4.81. The molecule has 0 saturated heterocycles. The SMILES string of the molecule is CC(=O)Nc1ccc(C(C#N)Nc2cccc(Cl)c2)cc1. The number of nitrogens with zero attached hydrogens (tertiary/aromatic N) is 1. The van der Waals surface area contributed by atoms with E-state index in [-0.39, 0.29) is 5.91 Å². The Morgan fingerprint density at radius 2 is 1.90 bits per heavy atom. The van der Waals surface area contributed by atoms with E-state index in [1.54, 1.807) is 36.4 Å². The topological polar surface area (TPSA) is 64.9 Å². The Morgan fingerprint density at radius 1 is 1.19 bits per heavy atom. The molecular weight excluding hydrogens is 286 g/mol. The summed E-state index contributed by atoms with van der Waals surface area (Å²) in [5, 5.41) is 15.7. The van der Waals surface area contributed by atoms with Crippen LogP contribution < -0.4 is 10.6 Å². The van der Waals surface area contributed by atoms with Crippen LogP contribution in [0.5, 0.6) is 0 Å². The number of halogens is 1. The van der Waals surface area contributed by atoms with Gasteiger partial charge in [-0.15, -0.1) is 0 Å². The van der Waals surface area contributed by atoms with Gasteiger partial charge in [-0.25, -0.2) is 0 Å². The monoisotopic (exact) mass is 299 g/mol. The van der Waals surface area contributed by atoms with Crippen LogP contribution in [0.2, 0.25) is 5.02 Å². The van der Waals surface area contributed by atoms with Crippen molar-refractivity contribution in [1.82, 2.24) is 0 Å². The molecule has 2 aromatic carbocycles. The summed E-state index contributed by atoms with van der Waals surface area (Å²) in [4.78, 5) is 11.0. The Balaban J connectivity index is 2.14. The minimum Gasteiger partial charge on any atom is -0.366 e. The van der Waals surface area contributed by atoms with Gasteiger partial charge in [0, 0.05) is 23.3 Å². The minimum absolute atomic E-state index is 0.128. The lowest BCUT2D eigenvalue weighted by Gasteiger charge is -2.14. The lowest BCUT2D eigenvalue weighted by molar-refractivity contribution is -0.114. The van der Waals surface area contributed by atoms with E-state index in [1.165, 1.54) is 6.92 Å². The number of nitrogens with one attached hydrogen (secondary N) is 2. The van der Waals surface area contributed by atoms with Crippen molar-refractivity contribution < 1.29 is 4.79 Å². The van der Waals surface area contributed by atoms with Crippen molar-refractivity contribution in [3.63, 3.8) is 0 Å². The van der Waals surface area contributed by atoms with Gasteiger partial charge in [-0.3, -0.25) is 4.79 Å². The number of carbonyl (C=O) groups is 1. The van der Waals surface area contributed by atoms with E-state index < -0.39 is 6.04 Å². The molecule has 0 radical (unpaired) electrons. The van der Waals surface area contributed by atoms with Crippen LogP contribution in [0.15, 0.2) is 48.5 Å². The second-order valence-corrected chi connectivity index (χ2v) is 4.96. The van der Waals surface area contributed by atoms with Gasteiger partial charge in [0.05, 0.1) is 6.07 Å². The van der Waals surface area contributed by atoms with Crippen molar-refractivity contribution in [1.29, 1.82) is 5.26 Å². The molecule has 0 heterocycles. The normalized spacial score (nSPS) is 11.3. The largest absolute Gasteiger partial charge is 0.366 e. The van der Waals surface area contributed by atoms with Gasteiger partial charge in [0.25, 0.3) is 0 Å². The predicted octanol–water partition coefficient (Wildman–Crippen LogP) is 3.98. The lowest BCUT2D eigenvalue weighted by Crippen LogP contribution is -2.09. The third-order valence-corrected chi connectivity index (χ3v) is 3.06. The summed E-state index contributed by atoms with van der Waals surface area (Å²) in [7, 11) is 0.